The smallest absolute Gasteiger partial charge is 0.269 e. The molecule has 0 spiro atoms. The molecule has 0 aliphatic carbocycles. The van der Waals surface area contributed by atoms with Gasteiger partial charge in [0.1, 0.15) is 0 Å². The summed E-state index contributed by atoms with van der Waals surface area (Å²) in [7, 11) is 0. The molecule has 3 nitrogen and oxygen atoms in total. The number of aromatic hydroxyl groups is 1. The Balaban J connectivity index is 3.37. The molecule has 1 rings (SSSR count). The van der Waals surface area contributed by atoms with Gasteiger partial charge in [0.25, 0.3) is 6.43 Å². The summed E-state index contributed by atoms with van der Waals surface area (Å²) >= 11 is 5.24. The number of alkyl halides is 2. The minimum absolute atomic E-state index is 0.343. The number of hydrogen-bond donors (Lipinski definition) is 2. The Morgan fingerprint density at radius 3 is 2.67 bits per heavy atom. The molecule has 0 aliphatic rings. The number of pyridine rings is 1. The van der Waals surface area contributed by atoms with Gasteiger partial charge < -0.3 is 10.1 Å². The van der Waals surface area contributed by atoms with Crippen molar-refractivity contribution in [1.82, 2.24) is 4.98 Å². The van der Waals surface area contributed by atoms with Crippen LogP contribution in [0, 0.1) is 0 Å². The molecule has 0 amide bonds. The van der Waals surface area contributed by atoms with Crippen LogP contribution in [0.15, 0.2) is 11.0 Å². The average Bonchev–Trinajstić information content (AvgIpc) is 2.00. The zero-order valence-corrected chi connectivity index (χ0v) is 6.40. The molecule has 0 radical (unpaired) electrons. The van der Waals surface area contributed by atoms with Crippen LogP contribution in [0.1, 0.15) is 12.0 Å². The Hall–Kier alpha value is -1.10. The summed E-state index contributed by atoms with van der Waals surface area (Å²) < 4.78 is 23.9. The number of H-pyrrole nitrogens is 1. The molecule has 0 fully saturated rings. The van der Waals surface area contributed by atoms with Crippen molar-refractivity contribution in [2.45, 2.75) is 6.43 Å². The first-order chi connectivity index (χ1) is 5.54. The zero-order chi connectivity index (χ0) is 9.30. The van der Waals surface area contributed by atoms with Crippen LogP contribution in [0.2, 0.25) is 5.15 Å². The fourth-order valence-electron chi connectivity index (χ4n) is 0.674. The van der Waals surface area contributed by atoms with Gasteiger partial charge in [-0.25, -0.2) is 8.78 Å². The summed E-state index contributed by atoms with van der Waals surface area (Å²) in [6.45, 7) is 0. The minimum atomic E-state index is -2.92. The highest BCUT2D eigenvalue weighted by atomic mass is 35.5. The van der Waals surface area contributed by atoms with Crippen LogP contribution in [0.5, 0.6) is 5.75 Å². The van der Waals surface area contributed by atoms with E-state index in [0.29, 0.717) is 0 Å². The van der Waals surface area contributed by atoms with Gasteiger partial charge in [-0.2, -0.15) is 0 Å². The SMILES string of the molecule is O=c1c(C(F)F)c[nH]c(Cl)c1O. The highest BCUT2D eigenvalue weighted by Gasteiger charge is 2.16. The van der Waals surface area contributed by atoms with Crippen LogP contribution in [0.4, 0.5) is 8.78 Å². The summed E-state index contributed by atoms with van der Waals surface area (Å²) in [6.07, 6.45) is -2.15. The van der Waals surface area contributed by atoms with E-state index in [1.807, 2.05) is 0 Å². The quantitative estimate of drug-likeness (QED) is 0.670. The van der Waals surface area contributed by atoms with Crippen molar-refractivity contribution >= 4 is 11.6 Å². The van der Waals surface area contributed by atoms with Gasteiger partial charge in [-0.15, -0.1) is 0 Å². The second-order valence-corrected chi connectivity index (χ2v) is 2.41. The van der Waals surface area contributed by atoms with Crippen LogP contribution in [-0.4, -0.2) is 10.1 Å². The lowest BCUT2D eigenvalue weighted by Crippen LogP contribution is -2.09. The van der Waals surface area contributed by atoms with Gasteiger partial charge in [-0.1, -0.05) is 11.6 Å². The molecule has 12 heavy (non-hydrogen) atoms. The number of aromatic amines is 1. The van der Waals surface area contributed by atoms with Crippen molar-refractivity contribution < 1.29 is 13.9 Å². The number of hydrogen-bond acceptors (Lipinski definition) is 2. The molecule has 0 atom stereocenters. The molecule has 0 aromatic carbocycles. The summed E-state index contributed by atoms with van der Waals surface area (Å²) in [4.78, 5) is 12.9. The van der Waals surface area contributed by atoms with Gasteiger partial charge >= 0.3 is 0 Å². The predicted octanol–water partition coefficient (Wildman–Crippen LogP) is 1.67. The van der Waals surface area contributed by atoms with E-state index in [4.69, 9.17) is 16.7 Å². The molecule has 6 heteroatoms. The van der Waals surface area contributed by atoms with Crippen molar-refractivity contribution in [3.63, 3.8) is 0 Å². The summed E-state index contributed by atoms with van der Waals surface area (Å²) in [6, 6.07) is 0. The normalized spacial score (nSPS) is 10.7. The average molecular weight is 196 g/mol. The molecule has 0 unspecified atom stereocenters. The first kappa shape index (κ1) is 8.99. The highest BCUT2D eigenvalue weighted by molar-refractivity contribution is 6.30. The van der Waals surface area contributed by atoms with E-state index in [9.17, 15) is 13.6 Å². The number of nitrogens with one attached hydrogen (secondary N) is 1. The van der Waals surface area contributed by atoms with Crippen molar-refractivity contribution in [2.24, 2.45) is 0 Å². The first-order valence-corrected chi connectivity index (χ1v) is 3.30. The standard InChI is InChI=1S/C6H4ClF2NO2/c7-5-4(12)3(11)2(1-10-5)6(8)9/h1,6,12H,(H,10,11). The summed E-state index contributed by atoms with van der Waals surface area (Å²) in [5.74, 6) is -0.880. The molecular formula is C6H4ClF2NO2. The van der Waals surface area contributed by atoms with Crippen LogP contribution >= 0.6 is 11.6 Å². The molecule has 66 valence electrons. The maximum Gasteiger partial charge on any atom is 0.269 e. The lowest BCUT2D eigenvalue weighted by molar-refractivity contribution is 0.149. The van der Waals surface area contributed by atoms with Crippen molar-refractivity contribution in [3.05, 3.63) is 27.1 Å². The lowest BCUT2D eigenvalue weighted by Gasteiger charge is -1.99. The van der Waals surface area contributed by atoms with E-state index in [1.54, 1.807) is 0 Å². The van der Waals surface area contributed by atoms with E-state index < -0.39 is 23.2 Å². The lowest BCUT2D eigenvalue weighted by atomic mass is 10.3. The Bertz CT molecular complexity index is 350. The molecular weight excluding hydrogens is 192 g/mol. The Labute approximate surface area is 70.6 Å². The van der Waals surface area contributed by atoms with E-state index in [0.717, 1.165) is 6.20 Å². The van der Waals surface area contributed by atoms with Crippen molar-refractivity contribution in [2.75, 3.05) is 0 Å². The number of aromatic nitrogens is 1. The van der Waals surface area contributed by atoms with E-state index in [-0.39, 0.29) is 5.15 Å². The third-order valence-electron chi connectivity index (χ3n) is 1.27. The topological polar surface area (TPSA) is 53.1 Å². The molecule has 0 saturated heterocycles. The van der Waals surface area contributed by atoms with Gasteiger partial charge in [-0.05, 0) is 0 Å². The molecule has 1 heterocycles. The van der Waals surface area contributed by atoms with Gasteiger partial charge in [0.15, 0.2) is 10.9 Å². The predicted molar refractivity (Wildman–Crippen MR) is 38.7 cm³/mol. The summed E-state index contributed by atoms with van der Waals surface area (Å²) in [5, 5.41) is 8.48. The number of halogens is 3. The van der Waals surface area contributed by atoms with E-state index >= 15 is 0 Å². The Morgan fingerprint density at radius 2 is 2.17 bits per heavy atom. The monoisotopic (exact) mass is 195 g/mol. The first-order valence-electron chi connectivity index (χ1n) is 2.92. The van der Waals surface area contributed by atoms with Crippen LogP contribution in [0.3, 0.4) is 0 Å². The molecule has 1 aromatic rings. The van der Waals surface area contributed by atoms with Crippen molar-refractivity contribution in [3.8, 4) is 5.75 Å². The highest BCUT2D eigenvalue weighted by Crippen LogP contribution is 2.20. The fourth-order valence-corrected chi connectivity index (χ4v) is 0.814. The summed E-state index contributed by atoms with van der Waals surface area (Å²) in [5.41, 5.74) is -1.94. The van der Waals surface area contributed by atoms with Gasteiger partial charge in [0.2, 0.25) is 5.43 Å². The van der Waals surface area contributed by atoms with E-state index in [2.05, 4.69) is 4.98 Å². The van der Waals surface area contributed by atoms with Crippen LogP contribution in [-0.2, 0) is 0 Å². The number of rotatable bonds is 1. The van der Waals surface area contributed by atoms with Gasteiger partial charge in [0, 0.05) is 6.20 Å². The second-order valence-electron chi connectivity index (χ2n) is 2.04. The maximum absolute atomic E-state index is 12.0. The molecule has 1 aromatic heterocycles. The third kappa shape index (κ3) is 1.40. The minimum Gasteiger partial charge on any atom is -0.502 e. The maximum atomic E-state index is 12.0. The second kappa shape index (κ2) is 3.10. The van der Waals surface area contributed by atoms with Crippen molar-refractivity contribution in [1.29, 1.82) is 0 Å². The molecule has 0 aliphatic heterocycles. The van der Waals surface area contributed by atoms with Gasteiger partial charge in [-0.3, -0.25) is 4.79 Å². The van der Waals surface area contributed by atoms with Crippen LogP contribution in [0.25, 0.3) is 0 Å². The Morgan fingerprint density at radius 1 is 1.58 bits per heavy atom. The zero-order valence-electron chi connectivity index (χ0n) is 5.64. The van der Waals surface area contributed by atoms with Crippen LogP contribution < -0.4 is 5.43 Å². The molecule has 2 N–H and O–H groups in total. The fraction of sp³-hybridized carbons (Fsp3) is 0.167. The third-order valence-corrected chi connectivity index (χ3v) is 1.56. The largest absolute Gasteiger partial charge is 0.502 e. The van der Waals surface area contributed by atoms with E-state index in [1.165, 1.54) is 0 Å². The molecule has 0 bridgehead atoms. The Kier molecular flexibility index (Phi) is 2.32. The molecule has 0 saturated carbocycles. The van der Waals surface area contributed by atoms with Gasteiger partial charge in [0.05, 0.1) is 5.56 Å².